The number of ether oxygens (including phenoxy) is 3. The lowest BCUT2D eigenvalue weighted by Crippen LogP contribution is -2.30. The van der Waals surface area contributed by atoms with Gasteiger partial charge in [0.1, 0.15) is 0 Å². The second-order valence-electron chi connectivity index (χ2n) is 4.59. The lowest BCUT2D eigenvalue weighted by molar-refractivity contribution is -0.0659. The van der Waals surface area contributed by atoms with E-state index in [0.29, 0.717) is 26.2 Å². The van der Waals surface area contributed by atoms with Crippen LogP contribution in [0.4, 0.5) is 0 Å². The molecule has 0 rings (SSSR count). The third kappa shape index (κ3) is 8.55. The Balaban J connectivity index is 3.65. The predicted octanol–water partition coefficient (Wildman–Crippen LogP) is 2.00. The van der Waals surface area contributed by atoms with Crippen molar-refractivity contribution in [2.75, 3.05) is 33.5 Å². The highest BCUT2D eigenvalue weighted by atomic mass is 16.5. The molecule has 0 fully saturated rings. The van der Waals surface area contributed by atoms with E-state index in [1.165, 1.54) is 0 Å². The molecular formula is C13H28O4. The number of rotatable bonds is 11. The minimum absolute atomic E-state index is 0.171. The van der Waals surface area contributed by atoms with Crippen LogP contribution in [-0.4, -0.2) is 50.3 Å². The van der Waals surface area contributed by atoms with Gasteiger partial charge < -0.3 is 19.3 Å². The van der Waals surface area contributed by atoms with Gasteiger partial charge in [0.15, 0.2) is 0 Å². The largest absolute Gasteiger partial charge is 0.396 e. The lowest BCUT2D eigenvalue weighted by atomic mass is 9.99. The zero-order valence-electron chi connectivity index (χ0n) is 11.7. The third-order valence-corrected chi connectivity index (χ3v) is 3.05. The molecule has 2 atom stereocenters. The Labute approximate surface area is 105 Å². The van der Waals surface area contributed by atoms with Gasteiger partial charge in [-0.3, -0.25) is 0 Å². The maximum atomic E-state index is 8.97. The van der Waals surface area contributed by atoms with Crippen LogP contribution >= 0.6 is 0 Å². The van der Waals surface area contributed by atoms with Crippen molar-refractivity contribution in [3.63, 3.8) is 0 Å². The van der Waals surface area contributed by atoms with Crippen molar-refractivity contribution in [3.05, 3.63) is 0 Å². The van der Waals surface area contributed by atoms with Gasteiger partial charge in [0, 0.05) is 20.3 Å². The van der Waals surface area contributed by atoms with E-state index in [4.69, 9.17) is 19.3 Å². The van der Waals surface area contributed by atoms with Crippen LogP contribution in [-0.2, 0) is 14.2 Å². The predicted molar refractivity (Wildman–Crippen MR) is 68.3 cm³/mol. The van der Waals surface area contributed by atoms with E-state index >= 15 is 0 Å². The van der Waals surface area contributed by atoms with Gasteiger partial charge >= 0.3 is 0 Å². The second-order valence-corrected chi connectivity index (χ2v) is 4.59. The van der Waals surface area contributed by atoms with Crippen molar-refractivity contribution in [1.29, 1.82) is 0 Å². The normalized spacial score (nSPS) is 16.8. The minimum atomic E-state index is -0.207. The average molecular weight is 248 g/mol. The van der Waals surface area contributed by atoms with Gasteiger partial charge in [-0.25, -0.2) is 0 Å². The first-order valence-electron chi connectivity index (χ1n) is 6.43. The van der Waals surface area contributed by atoms with Crippen LogP contribution in [0.2, 0.25) is 0 Å². The van der Waals surface area contributed by atoms with Gasteiger partial charge in [0.2, 0.25) is 0 Å². The summed E-state index contributed by atoms with van der Waals surface area (Å²) in [5.41, 5.74) is -0.207. The van der Waals surface area contributed by atoms with E-state index in [1.807, 2.05) is 13.8 Å². The van der Waals surface area contributed by atoms with E-state index in [2.05, 4.69) is 6.92 Å². The van der Waals surface area contributed by atoms with Crippen molar-refractivity contribution in [2.24, 2.45) is 0 Å². The molecule has 0 aromatic carbocycles. The van der Waals surface area contributed by atoms with Crippen LogP contribution < -0.4 is 0 Å². The standard InChI is InChI=1S/C13H28O4/c1-5-13(3,7-8-14)17-9-6-12(2)16-11-10-15-4/h12,14H,5-11H2,1-4H3. The monoisotopic (exact) mass is 248 g/mol. The first-order chi connectivity index (χ1) is 8.08. The number of methoxy groups -OCH3 is 1. The summed E-state index contributed by atoms with van der Waals surface area (Å²) in [6.07, 6.45) is 2.64. The van der Waals surface area contributed by atoms with Gasteiger partial charge in [-0.15, -0.1) is 0 Å². The van der Waals surface area contributed by atoms with Crippen molar-refractivity contribution < 1.29 is 19.3 Å². The summed E-state index contributed by atoms with van der Waals surface area (Å²) < 4.78 is 16.3. The molecule has 1 N–H and O–H groups in total. The second kappa shape index (κ2) is 9.83. The fourth-order valence-corrected chi connectivity index (χ4v) is 1.47. The first-order valence-corrected chi connectivity index (χ1v) is 6.43. The van der Waals surface area contributed by atoms with E-state index in [9.17, 15) is 0 Å². The highest BCUT2D eigenvalue weighted by molar-refractivity contribution is 4.72. The molecule has 4 nitrogen and oxygen atoms in total. The summed E-state index contributed by atoms with van der Waals surface area (Å²) in [5, 5.41) is 8.97. The van der Waals surface area contributed by atoms with Gasteiger partial charge in [-0.1, -0.05) is 6.92 Å². The van der Waals surface area contributed by atoms with Crippen molar-refractivity contribution in [2.45, 2.75) is 51.7 Å². The summed E-state index contributed by atoms with van der Waals surface area (Å²) in [6, 6.07) is 0. The molecular weight excluding hydrogens is 220 g/mol. The highest BCUT2D eigenvalue weighted by Crippen LogP contribution is 2.19. The van der Waals surface area contributed by atoms with Crippen LogP contribution in [0.5, 0.6) is 0 Å². The molecule has 17 heavy (non-hydrogen) atoms. The number of hydrogen-bond donors (Lipinski definition) is 1. The molecule has 0 saturated carbocycles. The third-order valence-electron chi connectivity index (χ3n) is 3.05. The Bertz CT molecular complexity index is 175. The van der Waals surface area contributed by atoms with Crippen molar-refractivity contribution in [1.82, 2.24) is 0 Å². The summed E-state index contributed by atoms with van der Waals surface area (Å²) in [5.74, 6) is 0. The van der Waals surface area contributed by atoms with Gasteiger partial charge in [0.25, 0.3) is 0 Å². The Morgan fingerprint density at radius 1 is 1.24 bits per heavy atom. The summed E-state index contributed by atoms with van der Waals surface area (Å²) >= 11 is 0. The zero-order valence-corrected chi connectivity index (χ0v) is 11.7. The fourth-order valence-electron chi connectivity index (χ4n) is 1.47. The van der Waals surface area contributed by atoms with E-state index in [0.717, 1.165) is 12.8 Å². The molecule has 0 heterocycles. The molecule has 0 aliphatic heterocycles. The molecule has 2 unspecified atom stereocenters. The minimum Gasteiger partial charge on any atom is -0.396 e. The van der Waals surface area contributed by atoms with Crippen LogP contribution in [0.3, 0.4) is 0 Å². The number of hydrogen-bond acceptors (Lipinski definition) is 4. The number of aliphatic hydroxyl groups excluding tert-OH is 1. The molecule has 0 spiro atoms. The Kier molecular flexibility index (Phi) is 9.74. The fraction of sp³-hybridized carbons (Fsp3) is 1.00. The Hall–Kier alpha value is -0.160. The molecule has 0 radical (unpaired) electrons. The molecule has 0 aliphatic carbocycles. The average Bonchev–Trinajstić information content (AvgIpc) is 2.30. The summed E-state index contributed by atoms with van der Waals surface area (Å²) in [6.45, 7) is 8.24. The van der Waals surface area contributed by atoms with Gasteiger partial charge in [-0.05, 0) is 33.1 Å². The molecule has 0 aromatic rings. The van der Waals surface area contributed by atoms with Crippen LogP contribution in [0, 0.1) is 0 Å². The summed E-state index contributed by atoms with van der Waals surface area (Å²) in [4.78, 5) is 0. The van der Waals surface area contributed by atoms with Crippen molar-refractivity contribution in [3.8, 4) is 0 Å². The molecule has 0 bridgehead atoms. The van der Waals surface area contributed by atoms with Gasteiger partial charge in [-0.2, -0.15) is 0 Å². The molecule has 0 amide bonds. The molecule has 0 aromatic heterocycles. The lowest BCUT2D eigenvalue weighted by Gasteiger charge is -2.28. The molecule has 0 saturated heterocycles. The topological polar surface area (TPSA) is 47.9 Å². The van der Waals surface area contributed by atoms with Crippen LogP contribution in [0.15, 0.2) is 0 Å². The zero-order chi connectivity index (χ0) is 13.1. The first kappa shape index (κ1) is 16.8. The molecule has 0 aliphatic rings. The molecule has 4 heteroatoms. The summed E-state index contributed by atoms with van der Waals surface area (Å²) in [7, 11) is 1.67. The quantitative estimate of drug-likeness (QED) is 0.568. The van der Waals surface area contributed by atoms with E-state index in [-0.39, 0.29) is 18.3 Å². The van der Waals surface area contributed by atoms with E-state index < -0.39 is 0 Å². The highest BCUT2D eigenvalue weighted by Gasteiger charge is 2.22. The van der Waals surface area contributed by atoms with Crippen molar-refractivity contribution >= 4 is 0 Å². The van der Waals surface area contributed by atoms with Crippen LogP contribution in [0.1, 0.15) is 40.0 Å². The molecule has 104 valence electrons. The Morgan fingerprint density at radius 2 is 1.94 bits per heavy atom. The van der Waals surface area contributed by atoms with Crippen LogP contribution in [0.25, 0.3) is 0 Å². The Morgan fingerprint density at radius 3 is 2.47 bits per heavy atom. The van der Waals surface area contributed by atoms with Gasteiger partial charge in [0.05, 0.1) is 24.9 Å². The smallest absolute Gasteiger partial charge is 0.0703 e. The maximum Gasteiger partial charge on any atom is 0.0703 e. The SMILES string of the molecule is CCC(C)(CCO)OCCC(C)OCCOC. The van der Waals surface area contributed by atoms with E-state index in [1.54, 1.807) is 7.11 Å². The maximum absolute atomic E-state index is 8.97. The number of aliphatic hydroxyl groups is 1.